The quantitative estimate of drug-likeness (QED) is 0.799. The predicted molar refractivity (Wildman–Crippen MR) is 51.9 cm³/mol. The van der Waals surface area contributed by atoms with Crippen molar-refractivity contribution < 1.29 is 9.53 Å². The second kappa shape index (κ2) is 5.16. The molecule has 1 heterocycles. The summed E-state index contributed by atoms with van der Waals surface area (Å²) in [5.74, 6) is 0. The lowest BCUT2D eigenvalue weighted by Gasteiger charge is -2.10. The van der Waals surface area contributed by atoms with Gasteiger partial charge in [-0.15, -0.1) is 0 Å². The van der Waals surface area contributed by atoms with Crippen LogP contribution in [0.2, 0.25) is 0 Å². The Hall–Kier alpha value is -1.65. The van der Waals surface area contributed by atoms with E-state index in [4.69, 9.17) is 4.74 Å². The summed E-state index contributed by atoms with van der Waals surface area (Å²) in [6.45, 7) is 3.78. The van der Waals surface area contributed by atoms with Crippen molar-refractivity contribution >= 4 is 11.8 Å². The number of nitrogens with zero attached hydrogens (tertiary/aromatic N) is 2. The van der Waals surface area contributed by atoms with Crippen molar-refractivity contribution in [2.45, 2.75) is 26.4 Å². The fourth-order valence-corrected chi connectivity index (χ4v) is 0.777. The van der Waals surface area contributed by atoms with Crippen LogP contribution >= 0.6 is 0 Å². The third-order valence-electron chi connectivity index (χ3n) is 1.69. The number of ether oxygens (including phenoxy) is 1. The lowest BCUT2D eigenvalue weighted by Crippen LogP contribution is -2.19. The summed E-state index contributed by atoms with van der Waals surface area (Å²) >= 11 is 0. The molecular weight excluding hydrogens is 182 g/mol. The molecule has 0 aliphatic heterocycles. The standard InChI is InChI=1S/C9H13N3O2/c1-3-7(2)14-9(13)12-8-4-10-6-11-5-8/h4-7H,3H2,1-2H3,(H,12,13). The van der Waals surface area contributed by atoms with Crippen LogP contribution in [0.3, 0.4) is 0 Å². The molecule has 0 aromatic carbocycles. The zero-order chi connectivity index (χ0) is 10.4. The van der Waals surface area contributed by atoms with Crippen LogP contribution in [-0.4, -0.2) is 22.2 Å². The molecule has 5 heteroatoms. The number of nitrogens with one attached hydrogen (secondary N) is 1. The van der Waals surface area contributed by atoms with Crippen LogP contribution in [0.15, 0.2) is 18.7 Å². The van der Waals surface area contributed by atoms with Gasteiger partial charge in [0.15, 0.2) is 0 Å². The first-order valence-electron chi connectivity index (χ1n) is 4.45. The topological polar surface area (TPSA) is 64.1 Å². The summed E-state index contributed by atoms with van der Waals surface area (Å²) in [6.07, 6.45) is 4.63. The minimum atomic E-state index is -0.478. The van der Waals surface area contributed by atoms with E-state index in [1.54, 1.807) is 0 Å². The summed E-state index contributed by atoms with van der Waals surface area (Å²) in [5, 5.41) is 2.52. The van der Waals surface area contributed by atoms with E-state index >= 15 is 0 Å². The highest BCUT2D eigenvalue weighted by atomic mass is 16.6. The predicted octanol–water partition coefficient (Wildman–Crippen LogP) is 1.82. The van der Waals surface area contributed by atoms with E-state index in [0.717, 1.165) is 6.42 Å². The number of amides is 1. The van der Waals surface area contributed by atoms with Gasteiger partial charge in [0, 0.05) is 0 Å². The Morgan fingerprint density at radius 2 is 2.21 bits per heavy atom. The summed E-state index contributed by atoms with van der Waals surface area (Å²) in [6, 6.07) is 0. The number of hydrogen-bond donors (Lipinski definition) is 1. The van der Waals surface area contributed by atoms with Gasteiger partial charge in [0.1, 0.15) is 12.4 Å². The first-order valence-corrected chi connectivity index (χ1v) is 4.45. The Labute approximate surface area is 82.5 Å². The molecule has 1 amide bonds. The molecule has 0 saturated heterocycles. The summed E-state index contributed by atoms with van der Waals surface area (Å²) in [7, 11) is 0. The lowest BCUT2D eigenvalue weighted by molar-refractivity contribution is 0.118. The van der Waals surface area contributed by atoms with Crippen LogP contribution in [0.4, 0.5) is 10.5 Å². The first-order chi connectivity index (χ1) is 6.72. The zero-order valence-corrected chi connectivity index (χ0v) is 8.23. The first kappa shape index (κ1) is 10.4. The molecule has 0 aliphatic carbocycles. The van der Waals surface area contributed by atoms with Crippen molar-refractivity contribution in [3.8, 4) is 0 Å². The van der Waals surface area contributed by atoms with Crippen molar-refractivity contribution in [1.82, 2.24) is 9.97 Å². The number of hydrogen-bond acceptors (Lipinski definition) is 4. The van der Waals surface area contributed by atoms with Crippen LogP contribution in [-0.2, 0) is 4.74 Å². The van der Waals surface area contributed by atoms with Crippen molar-refractivity contribution in [3.05, 3.63) is 18.7 Å². The van der Waals surface area contributed by atoms with Crippen LogP contribution in [0.25, 0.3) is 0 Å². The SMILES string of the molecule is CCC(C)OC(=O)Nc1cncnc1. The molecule has 14 heavy (non-hydrogen) atoms. The Morgan fingerprint density at radius 1 is 1.57 bits per heavy atom. The Bertz CT molecular complexity index is 289. The van der Waals surface area contributed by atoms with Gasteiger partial charge in [-0.3, -0.25) is 5.32 Å². The largest absolute Gasteiger partial charge is 0.446 e. The number of carbonyl (C=O) groups excluding carboxylic acids is 1. The average molecular weight is 195 g/mol. The van der Waals surface area contributed by atoms with Crippen molar-refractivity contribution in [3.63, 3.8) is 0 Å². The summed E-state index contributed by atoms with van der Waals surface area (Å²) in [4.78, 5) is 18.7. The van der Waals surface area contributed by atoms with Gasteiger partial charge in [-0.05, 0) is 13.3 Å². The van der Waals surface area contributed by atoms with Crippen LogP contribution < -0.4 is 5.32 Å². The van der Waals surface area contributed by atoms with Crippen molar-refractivity contribution in [2.75, 3.05) is 5.32 Å². The Balaban J connectivity index is 2.42. The molecule has 1 N–H and O–H groups in total. The minimum Gasteiger partial charge on any atom is -0.446 e. The van der Waals surface area contributed by atoms with E-state index in [2.05, 4.69) is 15.3 Å². The third-order valence-corrected chi connectivity index (χ3v) is 1.69. The second-order valence-electron chi connectivity index (χ2n) is 2.88. The second-order valence-corrected chi connectivity index (χ2v) is 2.88. The van der Waals surface area contributed by atoms with Crippen LogP contribution in [0.1, 0.15) is 20.3 Å². The zero-order valence-electron chi connectivity index (χ0n) is 8.23. The molecule has 1 aromatic heterocycles. The molecule has 0 spiro atoms. The number of aromatic nitrogens is 2. The molecular formula is C9H13N3O2. The highest BCUT2D eigenvalue weighted by molar-refractivity contribution is 5.84. The van der Waals surface area contributed by atoms with Crippen molar-refractivity contribution in [2.24, 2.45) is 0 Å². The van der Waals surface area contributed by atoms with Gasteiger partial charge in [-0.25, -0.2) is 14.8 Å². The number of carbonyl (C=O) groups is 1. The molecule has 0 fully saturated rings. The normalized spacial score (nSPS) is 11.9. The van der Waals surface area contributed by atoms with Crippen LogP contribution in [0, 0.1) is 0 Å². The maximum Gasteiger partial charge on any atom is 0.411 e. The molecule has 1 unspecified atom stereocenters. The van der Waals surface area contributed by atoms with E-state index < -0.39 is 6.09 Å². The highest BCUT2D eigenvalue weighted by Crippen LogP contribution is 2.03. The monoisotopic (exact) mass is 195 g/mol. The average Bonchev–Trinajstić information content (AvgIpc) is 2.19. The maximum absolute atomic E-state index is 11.2. The van der Waals surface area contributed by atoms with Gasteiger partial charge in [-0.2, -0.15) is 0 Å². The third kappa shape index (κ3) is 3.38. The molecule has 0 aliphatic rings. The molecule has 5 nitrogen and oxygen atoms in total. The van der Waals surface area contributed by atoms with Crippen LogP contribution in [0.5, 0.6) is 0 Å². The van der Waals surface area contributed by atoms with Gasteiger partial charge in [-0.1, -0.05) is 6.92 Å². The molecule has 0 bridgehead atoms. The summed E-state index contributed by atoms with van der Waals surface area (Å²) < 4.78 is 5.00. The Kier molecular flexibility index (Phi) is 3.84. The van der Waals surface area contributed by atoms with Gasteiger partial charge >= 0.3 is 6.09 Å². The number of rotatable bonds is 3. The molecule has 76 valence electrons. The van der Waals surface area contributed by atoms with E-state index in [0.29, 0.717) is 5.69 Å². The van der Waals surface area contributed by atoms with Gasteiger partial charge in [0.2, 0.25) is 0 Å². The molecule has 1 aromatic rings. The van der Waals surface area contributed by atoms with Gasteiger partial charge in [0.25, 0.3) is 0 Å². The Morgan fingerprint density at radius 3 is 2.79 bits per heavy atom. The van der Waals surface area contributed by atoms with Crippen molar-refractivity contribution in [1.29, 1.82) is 0 Å². The fourth-order valence-electron chi connectivity index (χ4n) is 0.777. The van der Waals surface area contributed by atoms with E-state index in [1.165, 1.54) is 18.7 Å². The molecule has 1 rings (SSSR count). The van der Waals surface area contributed by atoms with E-state index in [1.807, 2.05) is 13.8 Å². The number of anilines is 1. The lowest BCUT2D eigenvalue weighted by atomic mass is 10.3. The molecule has 1 atom stereocenters. The minimum absolute atomic E-state index is 0.0837. The molecule has 0 saturated carbocycles. The molecule has 0 radical (unpaired) electrons. The van der Waals surface area contributed by atoms with E-state index in [-0.39, 0.29) is 6.10 Å². The van der Waals surface area contributed by atoms with Gasteiger partial charge in [0.05, 0.1) is 18.1 Å². The summed E-state index contributed by atoms with van der Waals surface area (Å²) in [5.41, 5.74) is 0.529. The fraction of sp³-hybridized carbons (Fsp3) is 0.444. The smallest absolute Gasteiger partial charge is 0.411 e. The van der Waals surface area contributed by atoms with E-state index in [9.17, 15) is 4.79 Å². The highest BCUT2D eigenvalue weighted by Gasteiger charge is 2.07. The maximum atomic E-state index is 11.2. The van der Waals surface area contributed by atoms with Gasteiger partial charge < -0.3 is 4.74 Å².